The number of amides is 1. The average Bonchev–Trinajstić information content (AvgIpc) is 2.39. The van der Waals surface area contributed by atoms with Gasteiger partial charge in [0.1, 0.15) is 0 Å². The minimum Gasteiger partial charge on any atom is -0.481 e. The van der Waals surface area contributed by atoms with Crippen molar-refractivity contribution in [2.75, 3.05) is 13.6 Å². The summed E-state index contributed by atoms with van der Waals surface area (Å²) in [6.45, 7) is 4.17. The van der Waals surface area contributed by atoms with E-state index in [1.807, 2.05) is 20.9 Å². The number of carboxylic acids is 1. The molecule has 0 radical (unpaired) electrons. The molecule has 0 bridgehead atoms. The van der Waals surface area contributed by atoms with Crippen LogP contribution in [0, 0.1) is 0 Å². The predicted molar refractivity (Wildman–Crippen MR) is 78.6 cm³/mol. The van der Waals surface area contributed by atoms with E-state index in [4.69, 9.17) is 5.11 Å². The summed E-state index contributed by atoms with van der Waals surface area (Å²) >= 11 is 0. The van der Waals surface area contributed by atoms with Gasteiger partial charge in [-0.1, -0.05) is 19.3 Å². The highest BCUT2D eigenvalue weighted by molar-refractivity contribution is 5.78. The third kappa shape index (κ3) is 4.78. The van der Waals surface area contributed by atoms with Crippen LogP contribution in [-0.2, 0) is 9.59 Å². The van der Waals surface area contributed by atoms with Crippen molar-refractivity contribution in [3.8, 4) is 0 Å². The number of nitrogens with one attached hydrogen (secondary N) is 1. The Labute approximate surface area is 121 Å². The van der Waals surface area contributed by atoms with E-state index in [1.54, 1.807) is 4.90 Å². The quantitative estimate of drug-likeness (QED) is 0.750. The zero-order chi connectivity index (χ0) is 15.2. The number of hydrogen-bond acceptors (Lipinski definition) is 3. The molecule has 0 aromatic rings. The van der Waals surface area contributed by atoms with Gasteiger partial charge in [0.05, 0.1) is 6.42 Å². The molecule has 0 spiro atoms. The lowest BCUT2D eigenvalue weighted by Crippen LogP contribution is -2.50. The molecular formula is C15H28N2O3. The number of rotatable bonds is 7. The fourth-order valence-corrected chi connectivity index (χ4v) is 3.02. The Hall–Kier alpha value is -1.10. The van der Waals surface area contributed by atoms with Gasteiger partial charge in [-0.15, -0.1) is 0 Å². The molecule has 1 aliphatic rings. The maximum absolute atomic E-state index is 12.5. The highest BCUT2D eigenvalue weighted by Gasteiger charge is 2.34. The van der Waals surface area contributed by atoms with Crippen LogP contribution in [0.5, 0.6) is 0 Å². The van der Waals surface area contributed by atoms with Gasteiger partial charge in [0, 0.05) is 24.5 Å². The summed E-state index contributed by atoms with van der Waals surface area (Å²) in [5.74, 6) is -0.790. The summed E-state index contributed by atoms with van der Waals surface area (Å²) in [5, 5.41) is 12.1. The fourth-order valence-electron chi connectivity index (χ4n) is 3.02. The van der Waals surface area contributed by atoms with E-state index in [2.05, 4.69) is 5.32 Å². The van der Waals surface area contributed by atoms with Crippen LogP contribution < -0.4 is 5.32 Å². The largest absolute Gasteiger partial charge is 0.481 e. The minimum atomic E-state index is -0.857. The second-order valence-corrected chi connectivity index (χ2v) is 6.09. The van der Waals surface area contributed by atoms with Crippen LogP contribution in [0.2, 0.25) is 0 Å². The van der Waals surface area contributed by atoms with Gasteiger partial charge < -0.3 is 15.3 Å². The van der Waals surface area contributed by atoms with Gasteiger partial charge in [0.25, 0.3) is 0 Å². The molecule has 1 rings (SSSR count). The number of aliphatic carboxylic acids is 1. The minimum absolute atomic E-state index is 0.0104. The van der Waals surface area contributed by atoms with Crippen molar-refractivity contribution >= 4 is 11.9 Å². The summed E-state index contributed by atoms with van der Waals surface area (Å²) in [5.41, 5.74) is -0.0916. The number of carbonyl (C=O) groups excluding carboxylic acids is 1. The van der Waals surface area contributed by atoms with E-state index in [1.165, 1.54) is 6.42 Å². The summed E-state index contributed by atoms with van der Waals surface area (Å²) in [7, 11) is 1.93. The predicted octanol–water partition coefficient (Wildman–Crippen LogP) is 2.01. The Morgan fingerprint density at radius 1 is 1.25 bits per heavy atom. The lowest BCUT2D eigenvalue weighted by Gasteiger charge is -2.39. The zero-order valence-corrected chi connectivity index (χ0v) is 12.9. The highest BCUT2D eigenvalue weighted by Crippen LogP contribution is 2.31. The van der Waals surface area contributed by atoms with Crippen molar-refractivity contribution in [3.63, 3.8) is 0 Å². The van der Waals surface area contributed by atoms with E-state index >= 15 is 0 Å². The second-order valence-electron chi connectivity index (χ2n) is 6.09. The molecule has 1 aliphatic carbocycles. The lowest BCUT2D eigenvalue weighted by atomic mass is 9.79. The van der Waals surface area contributed by atoms with Crippen LogP contribution in [0.15, 0.2) is 0 Å². The second kappa shape index (κ2) is 7.62. The zero-order valence-electron chi connectivity index (χ0n) is 12.9. The van der Waals surface area contributed by atoms with Gasteiger partial charge in [0.15, 0.2) is 0 Å². The molecule has 0 atom stereocenters. The van der Waals surface area contributed by atoms with Crippen LogP contribution in [-0.4, -0.2) is 47.1 Å². The van der Waals surface area contributed by atoms with Gasteiger partial charge in [-0.05, 0) is 33.7 Å². The molecule has 0 aromatic carbocycles. The van der Waals surface area contributed by atoms with Gasteiger partial charge in [-0.3, -0.25) is 9.59 Å². The van der Waals surface area contributed by atoms with Crippen molar-refractivity contribution in [1.29, 1.82) is 0 Å². The first kappa shape index (κ1) is 17.0. The molecule has 5 heteroatoms. The Kier molecular flexibility index (Phi) is 6.46. The number of carboxylic acid groups (broad SMARTS) is 1. The topological polar surface area (TPSA) is 69.6 Å². The summed E-state index contributed by atoms with van der Waals surface area (Å²) in [4.78, 5) is 24.9. The molecule has 0 unspecified atom stereocenters. The van der Waals surface area contributed by atoms with E-state index in [0.29, 0.717) is 13.0 Å². The van der Waals surface area contributed by atoms with Crippen molar-refractivity contribution in [2.24, 2.45) is 0 Å². The Bertz CT molecular complexity index is 336. The Morgan fingerprint density at radius 3 is 2.30 bits per heavy atom. The van der Waals surface area contributed by atoms with Gasteiger partial charge in [-0.25, -0.2) is 0 Å². The van der Waals surface area contributed by atoms with E-state index in [0.717, 1.165) is 25.7 Å². The maximum Gasteiger partial charge on any atom is 0.305 e. The standard InChI is InChI=1S/C15H28N2O3/c1-12(2)17(10-7-14(19)20)13(18)11-15(16-3)8-5-4-6-9-15/h12,16H,4-11H2,1-3H3,(H,19,20). The Balaban J connectivity index is 2.66. The number of nitrogens with zero attached hydrogens (tertiary/aromatic N) is 1. The molecule has 0 heterocycles. The molecule has 1 saturated carbocycles. The molecule has 2 N–H and O–H groups in total. The monoisotopic (exact) mass is 284 g/mol. The van der Waals surface area contributed by atoms with Crippen LogP contribution in [0.25, 0.3) is 0 Å². The van der Waals surface area contributed by atoms with Crippen LogP contribution in [0.3, 0.4) is 0 Å². The van der Waals surface area contributed by atoms with Crippen LogP contribution in [0.4, 0.5) is 0 Å². The van der Waals surface area contributed by atoms with Crippen molar-refractivity contribution in [3.05, 3.63) is 0 Å². The van der Waals surface area contributed by atoms with Gasteiger partial charge in [-0.2, -0.15) is 0 Å². The van der Waals surface area contributed by atoms with Crippen molar-refractivity contribution in [2.45, 2.75) is 70.4 Å². The summed E-state index contributed by atoms with van der Waals surface area (Å²) < 4.78 is 0. The Morgan fingerprint density at radius 2 is 1.85 bits per heavy atom. The SMILES string of the molecule is CNC1(CC(=O)N(CCC(=O)O)C(C)C)CCCCC1. The molecule has 5 nitrogen and oxygen atoms in total. The summed E-state index contributed by atoms with van der Waals surface area (Å²) in [6.07, 6.45) is 6.10. The lowest BCUT2D eigenvalue weighted by molar-refractivity contribution is -0.139. The van der Waals surface area contributed by atoms with E-state index < -0.39 is 5.97 Å². The van der Waals surface area contributed by atoms with E-state index in [9.17, 15) is 9.59 Å². The smallest absolute Gasteiger partial charge is 0.305 e. The molecule has 0 aliphatic heterocycles. The van der Waals surface area contributed by atoms with Crippen molar-refractivity contribution in [1.82, 2.24) is 10.2 Å². The van der Waals surface area contributed by atoms with Gasteiger partial charge >= 0.3 is 5.97 Å². The number of hydrogen-bond donors (Lipinski definition) is 2. The molecular weight excluding hydrogens is 256 g/mol. The van der Waals surface area contributed by atoms with Crippen molar-refractivity contribution < 1.29 is 14.7 Å². The summed E-state index contributed by atoms with van der Waals surface area (Å²) in [6, 6.07) is 0.0411. The van der Waals surface area contributed by atoms with E-state index in [-0.39, 0.29) is 23.9 Å². The number of carbonyl (C=O) groups is 2. The third-order valence-corrected chi connectivity index (χ3v) is 4.34. The molecule has 0 aromatic heterocycles. The maximum atomic E-state index is 12.5. The van der Waals surface area contributed by atoms with Crippen LogP contribution >= 0.6 is 0 Å². The van der Waals surface area contributed by atoms with Crippen LogP contribution in [0.1, 0.15) is 58.8 Å². The molecule has 0 saturated heterocycles. The first-order chi connectivity index (χ1) is 9.40. The third-order valence-electron chi connectivity index (χ3n) is 4.34. The molecule has 1 amide bonds. The van der Waals surface area contributed by atoms with Gasteiger partial charge in [0.2, 0.25) is 5.91 Å². The highest BCUT2D eigenvalue weighted by atomic mass is 16.4. The molecule has 116 valence electrons. The molecule has 1 fully saturated rings. The first-order valence-electron chi connectivity index (χ1n) is 7.60. The normalized spacial score (nSPS) is 18.0. The molecule has 20 heavy (non-hydrogen) atoms. The first-order valence-corrected chi connectivity index (χ1v) is 7.60. The fraction of sp³-hybridized carbons (Fsp3) is 0.867. The average molecular weight is 284 g/mol.